The highest BCUT2D eigenvalue weighted by molar-refractivity contribution is 7.94. The molecule has 0 unspecified atom stereocenters. The minimum absolute atomic E-state index is 0.321. The van der Waals surface area contributed by atoms with Crippen LogP contribution >= 0.6 is 12.0 Å². The summed E-state index contributed by atoms with van der Waals surface area (Å²) >= 11 is 0.833. The van der Waals surface area contributed by atoms with Crippen LogP contribution < -0.4 is 10.2 Å². The van der Waals surface area contributed by atoms with Crippen molar-refractivity contribution >= 4 is 40.7 Å². The summed E-state index contributed by atoms with van der Waals surface area (Å²) in [5, 5.41) is 25.9. The third kappa shape index (κ3) is 6.54. The SMILES string of the molecule is CN(C)c1ccc(/N=N/c2ccc(SOOO)cc2)c(NC(=O)CN=[N+]=[N-])c1. The number of nitrogens with zero attached hydrogens (tertiary/aromatic N) is 6. The van der Waals surface area contributed by atoms with Crippen molar-refractivity contribution in [2.75, 3.05) is 30.9 Å². The number of anilines is 2. The van der Waals surface area contributed by atoms with Gasteiger partial charge >= 0.3 is 0 Å². The fraction of sp³-hybridized carbons (Fsp3) is 0.188. The molecular weight excluding hydrogens is 386 g/mol. The number of hydrogen-bond donors (Lipinski definition) is 2. The lowest BCUT2D eigenvalue weighted by Crippen LogP contribution is -2.15. The molecule has 0 heterocycles. The zero-order valence-electron chi connectivity index (χ0n) is 15.0. The number of rotatable bonds is 9. The summed E-state index contributed by atoms with van der Waals surface area (Å²) in [4.78, 5) is 17.0. The molecule has 11 nitrogen and oxygen atoms in total. The highest BCUT2D eigenvalue weighted by Gasteiger charge is 2.09. The normalized spacial score (nSPS) is 10.5. The molecule has 0 fully saturated rings. The van der Waals surface area contributed by atoms with Crippen LogP contribution in [-0.4, -0.2) is 31.8 Å². The van der Waals surface area contributed by atoms with Gasteiger partial charge in [-0.2, -0.15) is 5.11 Å². The maximum Gasteiger partial charge on any atom is 0.230 e. The molecule has 2 aromatic rings. The van der Waals surface area contributed by atoms with Crippen LogP contribution in [0.3, 0.4) is 0 Å². The molecule has 0 aliphatic carbocycles. The Labute approximate surface area is 164 Å². The third-order valence-electron chi connectivity index (χ3n) is 3.32. The summed E-state index contributed by atoms with van der Waals surface area (Å²) in [5.74, 6) is -0.461. The first-order chi connectivity index (χ1) is 13.5. The Hall–Kier alpha value is -3.15. The molecule has 0 radical (unpaired) electrons. The molecule has 28 heavy (non-hydrogen) atoms. The van der Waals surface area contributed by atoms with Crippen molar-refractivity contribution in [2.45, 2.75) is 4.90 Å². The van der Waals surface area contributed by atoms with Crippen molar-refractivity contribution in [1.29, 1.82) is 0 Å². The molecule has 0 spiro atoms. The van der Waals surface area contributed by atoms with Crippen molar-refractivity contribution in [3.05, 3.63) is 52.9 Å². The molecule has 0 atom stereocenters. The van der Waals surface area contributed by atoms with Gasteiger partial charge in [0.25, 0.3) is 0 Å². The zero-order valence-corrected chi connectivity index (χ0v) is 15.8. The van der Waals surface area contributed by atoms with E-state index in [0.29, 0.717) is 22.0 Å². The van der Waals surface area contributed by atoms with Crippen LogP contribution in [0.4, 0.5) is 22.7 Å². The summed E-state index contributed by atoms with van der Waals surface area (Å²) < 4.78 is 4.34. The number of carbonyl (C=O) groups excluding carboxylic acids is 1. The van der Waals surface area contributed by atoms with E-state index in [1.807, 2.05) is 25.1 Å². The molecule has 0 aliphatic rings. The molecule has 2 N–H and O–H groups in total. The van der Waals surface area contributed by atoms with Crippen molar-refractivity contribution in [2.24, 2.45) is 15.3 Å². The average Bonchev–Trinajstić information content (AvgIpc) is 2.70. The van der Waals surface area contributed by atoms with Crippen LogP contribution in [0, 0.1) is 0 Å². The standard InChI is InChI=1S/C16H17N7O4S/c1-23(2)12-5-8-14(15(9-12)19-16(24)10-18-22-17)21-20-11-3-6-13(7-4-11)28-27-26-25/h3-9,25H,10H2,1-2H3,(H,19,24)/b21-20+. The van der Waals surface area contributed by atoms with Gasteiger partial charge in [-0.1, -0.05) is 10.2 Å². The van der Waals surface area contributed by atoms with Crippen LogP contribution in [-0.2, 0) is 14.2 Å². The number of carbonyl (C=O) groups is 1. The lowest BCUT2D eigenvalue weighted by Gasteiger charge is -2.15. The quantitative estimate of drug-likeness (QED) is 0.153. The molecular formula is C16H17N7O4S. The highest BCUT2D eigenvalue weighted by Crippen LogP contribution is 2.31. The van der Waals surface area contributed by atoms with E-state index < -0.39 is 5.91 Å². The Bertz CT molecular complexity index is 883. The van der Waals surface area contributed by atoms with E-state index in [2.05, 4.69) is 34.9 Å². The summed E-state index contributed by atoms with van der Waals surface area (Å²) in [7, 11) is 3.74. The van der Waals surface area contributed by atoms with Crippen LogP contribution in [0.25, 0.3) is 10.4 Å². The molecule has 0 saturated carbocycles. The van der Waals surface area contributed by atoms with Gasteiger partial charge in [-0.25, -0.2) is 5.26 Å². The number of amides is 1. The van der Waals surface area contributed by atoms with E-state index >= 15 is 0 Å². The largest absolute Gasteiger partial charge is 0.378 e. The number of benzene rings is 2. The molecule has 0 bridgehead atoms. The predicted molar refractivity (Wildman–Crippen MR) is 105 cm³/mol. The van der Waals surface area contributed by atoms with Crippen LogP contribution in [0.15, 0.2) is 62.7 Å². The van der Waals surface area contributed by atoms with Crippen molar-refractivity contribution in [1.82, 2.24) is 0 Å². The first-order valence-electron chi connectivity index (χ1n) is 7.82. The maximum absolute atomic E-state index is 11.9. The maximum atomic E-state index is 11.9. The van der Waals surface area contributed by atoms with Gasteiger partial charge in [-0.15, -0.1) is 9.45 Å². The van der Waals surface area contributed by atoms with E-state index in [1.54, 1.807) is 36.4 Å². The number of azo groups is 1. The molecule has 12 heteroatoms. The lowest BCUT2D eigenvalue weighted by atomic mass is 10.2. The Morgan fingerprint density at radius 3 is 2.64 bits per heavy atom. The Morgan fingerprint density at radius 1 is 1.25 bits per heavy atom. The van der Waals surface area contributed by atoms with Crippen LogP contribution in [0.1, 0.15) is 0 Å². The summed E-state index contributed by atoms with van der Waals surface area (Å²) in [6, 6.07) is 12.1. The van der Waals surface area contributed by atoms with E-state index in [-0.39, 0.29) is 6.54 Å². The van der Waals surface area contributed by atoms with E-state index in [0.717, 1.165) is 17.7 Å². The van der Waals surface area contributed by atoms with Crippen molar-refractivity contribution in [3.8, 4) is 0 Å². The molecule has 0 saturated heterocycles. The van der Waals surface area contributed by atoms with Gasteiger partial charge < -0.3 is 10.2 Å². The second kappa shape index (κ2) is 10.9. The summed E-state index contributed by atoms with van der Waals surface area (Å²) in [5.41, 5.74) is 10.6. The van der Waals surface area contributed by atoms with Crippen molar-refractivity contribution < 1.29 is 19.4 Å². The van der Waals surface area contributed by atoms with Gasteiger partial charge in [-0.05, 0) is 48.0 Å². The van der Waals surface area contributed by atoms with Crippen LogP contribution in [0.2, 0.25) is 0 Å². The summed E-state index contributed by atoms with van der Waals surface area (Å²) in [6.07, 6.45) is 0. The number of nitrogens with one attached hydrogen (secondary N) is 1. The first-order valence-corrected chi connectivity index (χ1v) is 8.56. The molecule has 0 aromatic heterocycles. The number of hydrogen-bond acceptors (Lipinski definition) is 9. The van der Waals surface area contributed by atoms with Gasteiger partial charge in [0.1, 0.15) is 12.2 Å². The smallest absolute Gasteiger partial charge is 0.230 e. The van der Waals surface area contributed by atoms with E-state index in [4.69, 9.17) is 10.8 Å². The average molecular weight is 403 g/mol. The minimum atomic E-state index is -0.461. The highest BCUT2D eigenvalue weighted by atomic mass is 32.2. The lowest BCUT2D eigenvalue weighted by molar-refractivity contribution is -0.432. The molecule has 146 valence electrons. The number of azide groups is 1. The second-order valence-corrected chi connectivity index (χ2v) is 6.23. The van der Waals surface area contributed by atoms with Gasteiger partial charge in [0.05, 0.1) is 23.4 Å². The van der Waals surface area contributed by atoms with Gasteiger partial charge in [0, 0.05) is 29.6 Å². The zero-order chi connectivity index (χ0) is 20.4. The van der Waals surface area contributed by atoms with Gasteiger partial charge in [-0.3, -0.25) is 4.79 Å². The summed E-state index contributed by atoms with van der Waals surface area (Å²) in [6.45, 7) is -0.321. The molecule has 2 aromatic carbocycles. The fourth-order valence-corrected chi connectivity index (χ4v) is 2.37. The van der Waals surface area contributed by atoms with Gasteiger partial charge in [0.2, 0.25) is 5.91 Å². The Kier molecular flexibility index (Phi) is 8.21. The molecule has 2 rings (SSSR count). The monoisotopic (exact) mass is 403 g/mol. The topological polar surface area (TPSA) is 145 Å². The third-order valence-corrected chi connectivity index (χ3v) is 3.91. The van der Waals surface area contributed by atoms with Gasteiger partial charge in [0.15, 0.2) is 0 Å². The Balaban J connectivity index is 2.21. The molecule has 0 aliphatic heterocycles. The predicted octanol–water partition coefficient (Wildman–Crippen LogP) is 4.85. The van der Waals surface area contributed by atoms with E-state index in [1.165, 1.54) is 0 Å². The Morgan fingerprint density at radius 2 is 2.00 bits per heavy atom. The first kappa shape index (κ1) is 21.2. The fourth-order valence-electron chi connectivity index (χ4n) is 2.01. The second-order valence-electron chi connectivity index (χ2n) is 5.45. The minimum Gasteiger partial charge on any atom is -0.378 e. The van der Waals surface area contributed by atoms with Crippen LogP contribution in [0.5, 0.6) is 0 Å². The molecule has 1 amide bonds. The van der Waals surface area contributed by atoms with Crippen molar-refractivity contribution in [3.63, 3.8) is 0 Å². The van der Waals surface area contributed by atoms with E-state index in [9.17, 15) is 4.79 Å².